The highest BCUT2D eigenvalue weighted by Crippen LogP contribution is 2.24. The van der Waals surface area contributed by atoms with Crippen molar-refractivity contribution in [3.63, 3.8) is 0 Å². The lowest BCUT2D eigenvalue weighted by molar-refractivity contribution is -0.115. The van der Waals surface area contributed by atoms with Crippen molar-refractivity contribution in [2.24, 2.45) is 0 Å². The van der Waals surface area contributed by atoms with Crippen LogP contribution in [0.25, 0.3) is 0 Å². The highest BCUT2D eigenvalue weighted by molar-refractivity contribution is 7.10. The van der Waals surface area contributed by atoms with Crippen molar-refractivity contribution in [2.45, 2.75) is 19.4 Å². The molecule has 3 nitrogen and oxygen atoms in total. The van der Waals surface area contributed by atoms with Crippen LogP contribution in [0.3, 0.4) is 0 Å². The topological polar surface area (TPSA) is 41.1 Å². The number of carbonyl (C=O) groups is 1. The molecular weight excluding hydrogens is 311 g/mol. The largest absolute Gasteiger partial charge is 0.323 e. The Bertz CT molecular complexity index is 631. The van der Waals surface area contributed by atoms with E-state index in [9.17, 15) is 9.18 Å². The molecule has 1 aromatic heterocycles. The fourth-order valence-corrected chi connectivity index (χ4v) is 3.10. The summed E-state index contributed by atoms with van der Waals surface area (Å²) in [4.78, 5) is 12.9. The first-order valence-electron chi connectivity index (χ1n) is 6.57. The second kappa shape index (κ2) is 7.02. The van der Waals surface area contributed by atoms with E-state index < -0.39 is 0 Å². The number of benzene rings is 1. The van der Waals surface area contributed by atoms with Crippen LogP contribution in [0.2, 0.25) is 0 Å². The van der Waals surface area contributed by atoms with Crippen molar-refractivity contribution in [1.82, 2.24) is 5.32 Å². The first kappa shape index (κ1) is 15.9. The van der Waals surface area contributed by atoms with Gasteiger partial charge in [-0.15, -0.1) is 23.7 Å². The zero-order valence-electron chi connectivity index (χ0n) is 11.3. The minimum absolute atomic E-state index is 0. The molecule has 3 rings (SSSR count). The summed E-state index contributed by atoms with van der Waals surface area (Å²) >= 11 is 1.53. The van der Waals surface area contributed by atoms with Crippen LogP contribution in [0, 0.1) is 5.82 Å². The number of fused-ring (bicyclic) bond motifs is 1. The van der Waals surface area contributed by atoms with E-state index in [2.05, 4.69) is 10.6 Å². The molecular formula is C15H16ClFN2OS. The van der Waals surface area contributed by atoms with Crippen molar-refractivity contribution in [2.75, 3.05) is 11.9 Å². The van der Waals surface area contributed by atoms with Crippen LogP contribution in [0.1, 0.15) is 16.0 Å². The second-order valence-corrected chi connectivity index (χ2v) is 5.83. The standard InChI is InChI=1S/C15H15FN2OS.ClH/c16-15-12-5-6-17-9-10(12)3-4-13(15)18-14(19)8-11-2-1-7-20-11;/h1-4,7,17H,5-6,8-9H2,(H,18,19);1H. The van der Waals surface area contributed by atoms with E-state index in [4.69, 9.17) is 0 Å². The van der Waals surface area contributed by atoms with Crippen LogP contribution in [-0.4, -0.2) is 12.5 Å². The third kappa shape index (κ3) is 3.61. The summed E-state index contributed by atoms with van der Waals surface area (Å²) in [5.74, 6) is -0.469. The molecule has 6 heteroatoms. The molecule has 2 N–H and O–H groups in total. The molecule has 0 bridgehead atoms. The zero-order chi connectivity index (χ0) is 13.9. The van der Waals surface area contributed by atoms with E-state index in [1.165, 1.54) is 11.3 Å². The van der Waals surface area contributed by atoms with Crippen molar-refractivity contribution in [3.8, 4) is 0 Å². The summed E-state index contributed by atoms with van der Waals surface area (Å²) in [6, 6.07) is 7.33. The Morgan fingerprint density at radius 2 is 2.24 bits per heavy atom. The molecule has 1 amide bonds. The molecule has 0 spiro atoms. The number of hydrogen-bond acceptors (Lipinski definition) is 3. The Balaban J connectivity index is 0.00000161. The summed E-state index contributed by atoms with van der Waals surface area (Å²) in [5, 5.41) is 7.80. The molecule has 2 heterocycles. The van der Waals surface area contributed by atoms with Gasteiger partial charge in [-0.3, -0.25) is 4.79 Å². The predicted molar refractivity (Wildman–Crippen MR) is 85.7 cm³/mol. The monoisotopic (exact) mass is 326 g/mol. The number of amides is 1. The predicted octanol–water partition coefficient (Wildman–Crippen LogP) is 3.14. The molecule has 21 heavy (non-hydrogen) atoms. The van der Waals surface area contributed by atoms with E-state index >= 15 is 0 Å². The van der Waals surface area contributed by atoms with Crippen molar-refractivity contribution < 1.29 is 9.18 Å². The number of carbonyl (C=O) groups excluding carboxylic acids is 1. The summed E-state index contributed by atoms with van der Waals surface area (Å²) < 4.78 is 14.4. The summed E-state index contributed by atoms with van der Waals surface area (Å²) in [5.41, 5.74) is 1.98. The van der Waals surface area contributed by atoms with E-state index in [0.29, 0.717) is 13.0 Å². The Labute approximate surface area is 133 Å². The number of anilines is 1. The maximum Gasteiger partial charge on any atom is 0.229 e. The highest BCUT2D eigenvalue weighted by atomic mass is 35.5. The molecule has 0 atom stereocenters. The molecule has 0 fully saturated rings. The SMILES string of the molecule is Cl.O=C(Cc1cccs1)Nc1ccc2c(c1F)CCNC2. The van der Waals surface area contributed by atoms with Gasteiger partial charge in [-0.05, 0) is 41.6 Å². The van der Waals surface area contributed by atoms with Crippen molar-refractivity contribution in [1.29, 1.82) is 0 Å². The van der Waals surface area contributed by atoms with Gasteiger partial charge in [-0.2, -0.15) is 0 Å². The van der Waals surface area contributed by atoms with E-state index in [1.807, 2.05) is 23.6 Å². The van der Waals surface area contributed by atoms with Crippen LogP contribution in [0.5, 0.6) is 0 Å². The first-order valence-corrected chi connectivity index (χ1v) is 7.45. The van der Waals surface area contributed by atoms with Crippen LogP contribution >= 0.6 is 23.7 Å². The molecule has 1 aliphatic heterocycles. The second-order valence-electron chi connectivity index (χ2n) is 4.80. The van der Waals surface area contributed by atoms with Crippen LogP contribution in [0.15, 0.2) is 29.6 Å². The normalized spacial score (nSPS) is 13.2. The highest BCUT2D eigenvalue weighted by Gasteiger charge is 2.17. The third-order valence-corrected chi connectivity index (χ3v) is 4.27. The molecule has 0 saturated heterocycles. The summed E-state index contributed by atoms with van der Waals surface area (Å²) in [6.45, 7) is 1.46. The third-order valence-electron chi connectivity index (χ3n) is 3.40. The van der Waals surface area contributed by atoms with Gasteiger partial charge in [-0.25, -0.2) is 4.39 Å². The van der Waals surface area contributed by atoms with Gasteiger partial charge in [0.05, 0.1) is 12.1 Å². The van der Waals surface area contributed by atoms with Gasteiger partial charge < -0.3 is 10.6 Å². The van der Waals surface area contributed by atoms with Gasteiger partial charge in [0, 0.05) is 11.4 Å². The smallest absolute Gasteiger partial charge is 0.229 e. The molecule has 0 aliphatic carbocycles. The molecule has 0 saturated carbocycles. The Morgan fingerprint density at radius 3 is 3.00 bits per heavy atom. The first-order chi connectivity index (χ1) is 9.74. The molecule has 0 radical (unpaired) electrons. The molecule has 1 aromatic carbocycles. The Hall–Kier alpha value is -1.43. The van der Waals surface area contributed by atoms with Crippen LogP contribution in [0.4, 0.5) is 10.1 Å². The van der Waals surface area contributed by atoms with Crippen molar-refractivity contribution in [3.05, 3.63) is 51.5 Å². The molecule has 1 aliphatic rings. The van der Waals surface area contributed by atoms with E-state index in [0.717, 1.165) is 22.5 Å². The quantitative estimate of drug-likeness (QED) is 0.910. The molecule has 0 unspecified atom stereocenters. The van der Waals surface area contributed by atoms with Gasteiger partial charge in [0.25, 0.3) is 0 Å². The van der Waals surface area contributed by atoms with Gasteiger partial charge in [0.2, 0.25) is 5.91 Å². The van der Waals surface area contributed by atoms with Gasteiger partial charge in [0.15, 0.2) is 0 Å². The number of thiophene rings is 1. The van der Waals surface area contributed by atoms with Gasteiger partial charge in [0.1, 0.15) is 5.82 Å². The zero-order valence-corrected chi connectivity index (χ0v) is 13.0. The van der Waals surface area contributed by atoms with Crippen LogP contribution < -0.4 is 10.6 Å². The Morgan fingerprint density at radius 1 is 1.38 bits per heavy atom. The maximum absolute atomic E-state index is 14.4. The number of hydrogen-bond donors (Lipinski definition) is 2. The lowest BCUT2D eigenvalue weighted by Crippen LogP contribution is -2.25. The minimum Gasteiger partial charge on any atom is -0.323 e. The Kier molecular flexibility index (Phi) is 5.33. The fraction of sp³-hybridized carbons (Fsp3) is 0.267. The lowest BCUT2D eigenvalue weighted by atomic mass is 9.99. The summed E-state index contributed by atoms with van der Waals surface area (Å²) in [7, 11) is 0. The van der Waals surface area contributed by atoms with E-state index in [1.54, 1.807) is 6.07 Å². The average Bonchev–Trinajstić information content (AvgIpc) is 2.95. The molecule has 112 valence electrons. The van der Waals surface area contributed by atoms with Crippen molar-refractivity contribution >= 4 is 35.3 Å². The average molecular weight is 327 g/mol. The fourth-order valence-electron chi connectivity index (χ4n) is 2.40. The lowest BCUT2D eigenvalue weighted by Gasteiger charge is -2.19. The number of rotatable bonds is 3. The summed E-state index contributed by atoms with van der Waals surface area (Å²) in [6.07, 6.45) is 0.950. The van der Waals surface area contributed by atoms with Gasteiger partial charge in [-0.1, -0.05) is 12.1 Å². The molecule has 2 aromatic rings. The number of nitrogens with one attached hydrogen (secondary N) is 2. The van der Waals surface area contributed by atoms with Crippen LogP contribution in [-0.2, 0) is 24.2 Å². The van der Waals surface area contributed by atoms with E-state index in [-0.39, 0.29) is 36.2 Å². The number of halogens is 2. The maximum atomic E-state index is 14.4. The van der Waals surface area contributed by atoms with Gasteiger partial charge >= 0.3 is 0 Å². The minimum atomic E-state index is -0.288.